The van der Waals surface area contributed by atoms with Crippen molar-refractivity contribution in [2.75, 3.05) is 18.1 Å². The molecule has 1 aliphatic rings. The van der Waals surface area contributed by atoms with E-state index in [1.807, 2.05) is 0 Å². The quantitative estimate of drug-likeness (QED) is 0.781. The van der Waals surface area contributed by atoms with Gasteiger partial charge in [0.05, 0.1) is 6.61 Å². The number of alkyl halides is 3. The molecule has 110 valence electrons. The zero-order valence-electron chi connectivity index (χ0n) is 11.0. The van der Waals surface area contributed by atoms with Gasteiger partial charge in [-0.1, -0.05) is 6.07 Å². The Labute approximate surface area is 114 Å². The van der Waals surface area contributed by atoms with Crippen LogP contribution in [0.25, 0.3) is 0 Å². The molecule has 0 aliphatic heterocycles. The summed E-state index contributed by atoms with van der Waals surface area (Å²) in [5.41, 5.74) is -0.954. The van der Waals surface area contributed by atoms with Crippen molar-refractivity contribution in [1.29, 1.82) is 0 Å². The Morgan fingerprint density at radius 1 is 1.45 bits per heavy atom. The van der Waals surface area contributed by atoms with Gasteiger partial charge in [-0.2, -0.15) is 13.2 Å². The van der Waals surface area contributed by atoms with Crippen molar-refractivity contribution < 1.29 is 22.7 Å². The highest BCUT2D eigenvalue weighted by atomic mass is 19.4. The van der Waals surface area contributed by atoms with E-state index >= 15 is 0 Å². The SMILES string of the molecule is CCOC(=O)CN(c1cccc(C(F)(F)F)n1)C1CC1. The summed E-state index contributed by atoms with van der Waals surface area (Å²) in [6.45, 7) is 1.85. The predicted octanol–water partition coefficient (Wildman–Crippen LogP) is 2.63. The van der Waals surface area contributed by atoms with Crippen molar-refractivity contribution in [2.24, 2.45) is 0 Å². The first kappa shape index (κ1) is 14.6. The van der Waals surface area contributed by atoms with E-state index in [0.717, 1.165) is 18.9 Å². The van der Waals surface area contributed by atoms with Gasteiger partial charge in [-0.25, -0.2) is 4.98 Å². The van der Waals surface area contributed by atoms with Gasteiger partial charge in [0.15, 0.2) is 0 Å². The Kier molecular flexibility index (Phi) is 4.15. The molecule has 1 aromatic rings. The lowest BCUT2D eigenvalue weighted by Crippen LogP contribution is -2.34. The van der Waals surface area contributed by atoms with Crippen molar-refractivity contribution >= 4 is 11.8 Å². The van der Waals surface area contributed by atoms with E-state index in [4.69, 9.17) is 4.74 Å². The topological polar surface area (TPSA) is 42.4 Å². The van der Waals surface area contributed by atoms with Crippen molar-refractivity contribution in [1.82, 2.24) is 4.98 Å². The molecule has 0 amide bonds. The van der Waals surface area contributed by atoms with Gasteiger partial charge in [0, 0.05) is 6.04 Å². The van der Waals surface area contributed by atoms with Crippen LogP contribution in [0.15, 0.2) is 18.2 Å². The summed E-state index contributed by atoms with van der Waals surface area (Å²) < 4.78 is 42.8. The van der Waals surface area contributed by atoms with E-state index in [0.29, 0.717) is 0 Å². The van der Waals surface area contributed by atoms with Crippen LogP contribution in [0.3, 0.4) is 0 Å². The number of hydrogen-bond acceptors (Lipinski definition) is 4. The Hall–Kier alpha value is -1.79. The standard InChI is InChI=1S/C13H15F3N2O2/c1-2-20-12(19)8-18(9-6-7-9)11-5-3-4-10(17-11)13(14,15)16/h3-5,9H,2,6-8H2,1H3. The molecular weight excluding hydrogens is 273 g/mol. The summed E-state index contributed by atoms with van der Waals surface area (Å²) in [5.74, 6) is -0.297. The molecule has 0 saturated heterocycles. The molecule has 0 unspecified atom stereocenters. The van der Waals surface area contributed by atoms with E-state index in [1.54, 1.807) is 11.8 Å². The molecule has 7 heteroatoms. The molecule has 1 fully saturated rings. The second-order valence-electron chi connectivity index (χ2n) is 4.54. The van der Waals surface area contributed by atoms with E-state index in [-0.39, 0.29) is 25.0 Å². The summed E-state index contributed by atoms with van der Waals surface area (Å²) in [6.07, 6.45) is -2.80. The molecule has 4 nitrogen and oxygen atoms in total. The first-order valence-electron chi connectivity index (χ1n) is 6.38. The van der Waals surface area contributed by atoms with Gasteiger partial charge in [0.1, 0.15) is 18.1 Å². The fraction of sp³-hybridized carbons (Fsp3) is 0.538. The third-order valence-corrected chi connectivity index (χ3v) is 2.91. The summed E-state index contributed by atoms with van der Waals surface area (Å²) >= 11 is 0. The number of halogens is 3. The third-order valence-electron chi connectivity index (χ3n) is 2.91. The smallest absolute Gasteiger partial charge is 0.433 e. The van der Waals surface area contributed by atoms with Crippen LogP contribution >= 0.6 is 0 Å². The lowest BCUT2D eigenvalue weighted by atomic mass is 10.3. The minimum atomic E-state index is -4.49. The molecule has 1 heterocycles. The molecule has 0 bridgehead atoms. The number of aromatic nitrogens is 1. The van der Waals surface area contributed by atoms with Gasteiger partial charge < -0.3 is 9.64 Å². The van der Waals surface area contributed by atoms with Gasteiger partial charge in [0.25, 0.3) is 0 Å². The van der Waals surface area contributed by atoms with Crippen LogP contribution in [-0.2, 0) is 15.7 Å². The number of esters is 1. The minimum absolute atomic E-state index is 0.0652. The predicted molar refractivity (Wildman–Crippen MR) is 66.2 cm³/mol. The van der Waals surface area contributed by atoms with Crippen LogP contribution in [0.5, 0.6) is 0 Å². The maximum absolute atomic E-state index is 12.7. The van der Waals surface area contributed by atoms with E-state index in [9.17, 15) is 18.0 Å². The van der Waals surface area contributed by atoms with Crippen molar-refractivity contribution in [3.63, 3.8) is 0 Å². The first-order chi connectivity index (χ1) is 9.41. The molecule has 0 atom stereocenters. The van der Waals surface area contributed by atoms with Crippen molar-refractivity contribution in [2.45, 2.75) is 32.0 Å². The van der Waals surface area contributed by atoms with Gasteiger partial charge >= 0.3 is 12.1 Å². The highest BCUT2D eigenvalue weighted by Gasteiger charge is 2.35. The monoisotopic (exact) mass is 288 g/mol. The number of ether oxygens (including phenoxy) is 1. The van der Waals surface area contributed by atoms with Gasteiger partial charge in [-0.3, -0.25) is 4.79 Å². The second-order valence-corrected chi connectivity index (χ2v) is 4.54. The zero-order valence-corrected chi connectivity index (χ0v) is 11.0. The van der Waals surface area contributed by atoms with E-state index in [2.05, 4.69) is 4.98 Å². The van der Waals surface area contributed by atoms with Gasteiger partial charge in [-0.15, -0.1) is 0 Å². The number of rotatable bonds is 5. The maximum atomic E-state index is 12.7. The molecular formula is C13H15F3N2O2. The summed E-state index contributed by atoms with van der Waals surface area (Å²) in [6, 6.07) is 3.76. The Morgan fingerprint density at radius 3 is 2.70 bits per heavy atom. The molecule has 1 aromatic heterocycles. The molecule has 0 spiro atoms. The van der Waals surface area contributed by atoms with Gasteiger partial charge in [0.2, 0.25) is 0 Å². The Bertz CT molecular complexity index is 487. The van der Waals surface area contributed by atoms with Crippen LogP contribution in [0.1, 0.15) is 25.5 Å². The highest BCUT2D eigenvalue weighted by Crippen LogP contribution is 2.33. The Balaban J connectivity index is 2.19. The number of hydrogen-bond donors (Lipinski definition) is 0. The van der Waals surface area contributed by atoms with Crippen LogP contribution in [-0.4, -0.2) is 30.1 Å². The average molecular weight is 288 g/mol. The normalized spacial score (nSPS) is 15.0. The maximum Gasteiger partial charge on any atom is 0.433 e. The molecule has 0 radical (unpaired) electrons. The molecule has 1 saturated carbocycles. The molecule has 2 rings (SSSR count). The lowest BCUT2D eigenvalue weighted by molar-refractivity contribution is -0.141. The molecule has 20 heavy (non-hydrogen) atoms. The molecule has 0 N–H and O–H groups in total. The fourth-order valence-electron chi connectivity index (χ4n) is 1.87. The average Bonchev–Trinajstić information content (AvgIpc) is 3.20. The number of anilines is 1. The number of pyridine rings is 1. The van der Waals surface area contributed by atoms with Crippen LogP contribution < -0.4 is 4.90 Å². The van der Waals surface area contributed by atoms with E-state index in [1.165, 1.54) is 12.1 Å². The summed E-state index contributed by atoms with van der Waals surface area (Å²) in [4.78, 5) is 16.7. The minimum Gasteiger partial charge on any atom is -0.465 e. The van der Waals surface area contributed by atoms with E-state index < -0.39 is 17.8 Å². The second kappa shape index (κ2) is 5.68. The van der Waals surface area contributed by atoms with Crippen LogP contribution in [0.4, 0.5) is 19.0 Å². The van der Waals surface area contributed by atoms with Crippen LogP contribution in [0, 0.1) is 0 Å². The zero-order chi connectivity index (χ0) is 14.8. The van der Waals surface area contributed by atoms with Crippen molar-refractivity contribution in [3.05, 3.63) is 23.9 Å². The summed E-state index contributed by atoms with van der Waals surface area (Å²) in [5, 5.41) is 0. The lowest BCUT2D eigenvalue weighted by Gasteiger charge is -2.23. The largest absolute Gasteiger partial charge is 0.465 e. The Morgan fingerprint density at radius 2 is 2.15 bits per heavy atom. The molecule has 1 aliphatic carbocycles. The number of carbonyl (C=O) groups is 1. The fourth-order valence-corrected chi connectivity index (χ4v) is 1.87. The molecule has 0 aromatic carbocycles. The van der Waals surface area contributed by atoms with Gasteiger partial charge in [-0.05, 0) is 31.9 Å². The first-order valence-corrected chi connectivity index (χ1v) is 6.38. The van der Waals surface area contributed by atoms with Crippen LogP contribution in [0.2, 0.25) is 0 Å². The number of carbonyl (C=O) groups excluding carboxylic acids is 1. The highest BCUT2D eigenvalue weighted by molar-refractivity contribution is 5.75. The summed E-state index contributed by atoms with van der Waals surface area (Å²) in [7, 11) is 0. The number of nitrogens with zero attached hydrogens (tertiary/aromatic N) is 2. The van der Waals surface area contributed by atoms with Crippen molar-refractivity contribution in [3.8, 4) is 0 Å². The third kappa shape index (κ3) is 3.61.